The topological polar surface area (TPSA) is 48.4 Å². The molecule has 0 unspecified atom stereocenters. The van der Waals surface area contributed by atoms with E-state index in [1.54, 1.807) is 12.1 Å². The van der Waals surface area contributed by atoms with Gasteiger partial charge in [-0.25, -0.2) is 4.39 Å². The summed E-state index contributed by atoms with van der Waals surface area (Å²) in [6, 6.07) is 4.65. The molecule has 1 heterocycles. The van der Waals surface area contributed by atoms with Gasteiger partial charge in [-0.3, -0.25) is 0 Å². The molecule has 3 nitrogen and oxygen atoms in total. The van der Waals surface area contributed by atoms with Crippen molar-refractivity contribution in [3.8, 4) is 16.9 Å². The van der Waals surface area contributed by atoms with Crippen LogP contribution in [0.4, 0.5) is 10.1 Å². The second-order valence-electron chi connectivity index (χ2n) is 3.10. The molecule has 4 heteroatoms. The van der Waals surface area contributed by atoms with Gasteiger partial charge in [-0.15, -0.1) is 0 Å². The van der Waals surface area contributed by atoms with Crippen molar-refractivity contribution >= 4 is 5.69 Å². The third kappa shape index (κ3) is 1.66. The van der Waals surface area contributed by atoms with Crippen molar-refractivity contribution in [1.29, 1.82) is 0 Å². The van der Waals surface area contributed by atoms with Crippen molar-refractivity contribution in [2.24, 2.45) is 0 Å². The van der Waals surface area contributed by atoms with Crippen LogP contribution in [-0.2, 0) is 0 Å². The maximum absolute atomic E-state index is 13.8. The van der Waals surface area contributed by atoms with Crippen LogP contribution in [-0.4, -0.2) is 7.11 Å². The molecule has 0 fully saturated rings. The summed E-state index contributed by atoms with van der Waals surface area (Å²) in [5.74, 6) is -0.306. The first-order chi connectivity index (χ1) is 7.22. The zero-order valence-electron chi connectivity index (χ0n) is 8.16. The van der Waals surface area contributed by atoms with Crippen LogP contribution in [0.15, 0.2) is 35.1 Å². The maximum Gasteiger partial charge on any atom is 0.173 e. The predicted molar refractivity (Wildman–Crippen MR) is 55.1 cm³/mol. The molecule has 1 aromatic carbocycles. The van der Waals surface area contributed by atoms with E-state index in [2.05, 4.69) is 0 Å². The number of furan rings is 1. The number of halogens is 1. The van der Waals surface area contributed by atoms with Gasteiger partial charge in [0.15, 0.2) is 11.6 Å². The Hall–Kier alpha value is -1.97. The standard InChI is InChI=1S/C11H10FNO2/c1-14-10-5-8(13)4-9(11(10)12)7-2-3-15-6-7/h2-6H,13H2,1H3. The summed E-state index contributed by atoms with van der Waals surface area (Å²) in [6.45, 7) is 0. The lowest BCUT2D eigenvalue weighted by atomic mass is 10.1. The molecule has 15 heavy (non-hydrogen) atoms. The smallest absolute Gasteiger partial charge is 0.173 e. The highest BCUT2D eigenvalue weighted by atomic mass is 19.1. The van der Waals surface area contributed by atoms with E-state index >= 15 is 0 Å². The Bertz CT molecular complexity index is 466. The Morgan fingerprint density at radius 1 is 1.40 bits per heavy atom. The van der Waals surface area contributed by atoms with Crippen LogP contribution in [0.25, 0.3) is 11.1 Å². The predicted octanol–water partition coefficient (Wildman–Crippen LogP) is 2.68. The Kier molecular flexibility index (Phi) is 2.33. The van der Waals surface area contributed by atoms with E-state index in [1.165, 1.54) is 25.7 Å². The number of rotatable bonds is 2. The van der Waals surface area contributed by atoms with E-state index in [1.807, 2.05) is 0 Å². The van der Waals surface area contributed by atoms with Gasteiger partial charge in [0.05, 0.1) is 19.6 Å². The Labute approximate surface area is 86.3 Å². The lowest BCUT2D eigenvalue weighted by molar-refractivity contribution is 0.387. The number of hydrogen-bond acceptors (Lipinski definition) is 3. The molecular weight excluding hydrogens is 197 g/mol. The Morgan fingerprint density at radius 3 is 2.80 bits per heavy atom. The van der Waals surface area contributed by atoms with E-state index in [0.717, 1.165) is 0 Å². The van der Waals surface area contributed by atoms with Crippen molar-refractivity contribution in [2.75, 3.05) is 12.8 Å². The summed E-state index contributed by atoms with van der Waals surface area (Å²) in [5.41, 5.74) is 7.09. The van der Waals surface area contributed by atoms with E-state index in [9.17, 15) is 4.39 Å². The van der Waals surface area contributed by atoms with Crippen LogP contribution in [0, 0.1) is 5.82 Å². The summed E-state index contributed by atoms with van der Waals surface area (Å²) >= 11 is 0. The second kappa shape index (κ2) is 3.65. The van der Waals surface area contributed by atoms with Gasteiger partial charge in [-0.2, -0.15) is 0 Å². The van der Waals surface area contributed by atoms with Gasteiger partial charge >= 0.3 is 0 Å². The van der Waals surface area contributed by atoms with Crippen molar-refractivity contribution in [1.82, 2.24) is 0 Å². The second-order valence-corrected chi connectivity index (χ2v) is 3.10. The van der Waals surface area contributed by atoms with Gasteiger partial charge in [0, 0.05) is 22.9 Å². The number of hydrogen-bond donors (Lipinski definition) is 1. The molecule has 1 aromatic heterocycles. The monoisotopic (exact) mass is 207 g/mol. The Morgan fingerprint density at radius 2 is 2.20 bits per heavy atom. The van der Waals surface area contributed by atoms with Gasteiger partial charge in [-0.1, -0.05) is 0 Å². The minimum absolute atomic E-state index is 0.131. The first kappa shape index (κ1) is 9.58. The molecule has 0 amide bonds. The molecule has 2 aromatic rings. The quantitative estimate of drug-likeness (QED) is 0.770. The molecule has 0 spiro atoms. The van der Waals surface area contributed by atoms with E-state index in [0.29, 0.717) is 16.8 Å². The number of nitrogen functional groups attached to an aromatic ring is 1. The summed E-state index contributed by atoms with van der Waals surface area (Å²) in [6.07, 6.45) is 2.93. The molecule has 78 valence electrons. The fourth-order valence-corrected chi connectivity index (χ4v) is 1.40. The zero-order chi connectivity index (χ0) is 10.8. The number of anilines is 1. The molecule has 0 aliphatic carbocycles. The molecule has 0 aliphatic rings. The van der Waals surface area contributed by atoms with Crippen molar-refractivity contribution in [3.63, 3.8) is 0 Å². The van der Waals surface area contributed by atoms with Gasteiger partial charge in [-0.05, 0) is 12.1 Å². The van der Waals surface area contributed by atoms with Crippen LogP contribution < -0.4 is 10.5 Å². The number of ether oxygens (including phenoxy) is 1. The average molecular weight is 207 g/mol. The summed E-state index contributed by atoms with van der Waals surface area (Å²) in [5, 5.41) is 0. The van der Waals surface area contributed by atoms with Crippen LogP contribution in [0.2, 0.25) is 0 Å². The Balaban J connectivity index is 2.61. The van der Waals surface area contributed by atoms with E-state index in [4.69, 9.17) is 14.9 Å². The van der Waals surface area contributed by atoms with Gasteiger partial charge in [0.1, 0.15) is 0 Å². The molecule has 0 radical (unpaired) electrons. The normalized spacial score (nSPS) is 10.3. The first-order valence-electron chi connectivity index (χ1n) is 4.38. The van der Waals surface area contributed by atoms with Gasteiger partial charge < -0.3 is 14.9 Å². The van der Waals surface area contributed by atoms with Crippen molar-refractivity contribution < 1.29 is 13.5 Å². The minimum Gasteiger partial charge on any atom is -0.494 e. The van der Waals surface area contributed by atoms with Crippen LogP contribution in [0.5, 0.6) is 5.75 Å². The summed E-state index contributed by atoms with van der Waals surface area (Å²) < 4.78 is 23.6. The molecule has 2 N–H and O–H groups in total. The van der Waals surface area contributed by atoms with E-state index in [-0.39, 0.29) is 5.75 Å². The highest BCUT2D eigenvalue weighted by Gasteiger charge is 2.12. The summed E-state index contributed by atoms with van der Waals surface area (Å²) in [4.78, 5) is 0. The average Bonchev–Trinajstić information content (AvgIpc) is 2.74. The fourth-order valence-electron chi connectivity index (χ4n) is 1.40. The van der Waals surface area contributed by atoms with Crippen LogP contribution in [0.3, 0.4) is 0 Å². The van der Waals surface area contributed by atoms with Gasteiger partial charge in [0.25, 0.3) is 0 Å². The fraction of sp³-hybridized carbons (Fsp3) is 0.0909. The molecular formula is C11H10FNO2. The first-order valence-corrected chi connectivity index (χ1v) is 4.38. The van der Waals surface area contributed by atoms with Crippen LogP contribution >= 0.6 is 0 Å². The maximum atomic E-state index is 13.8. The zero-order valence-corrected chi connectivity index (χ0v) is 8.16. The molecule has 0 bridgehead atoms. The number of nitrogens with two attached hydrogens (primary N) is 1. The molecule has 0 aliphatic heterocycles. The minimum atomic E-state index is -0.437. The van der Waals surface area contributed by atoms with Crippen molar-refractivity contribution in [2.45, 2.75) is 0 Å². The lowest BCUT2D eigenvalue weighted by Crippen LogP contribution is -1.94. The molecule has 2 rings (SSSR count). The third-order valence-electron chi connectivity index (χ3n) is 2.11. The van der Waals surface area contributed by atoms with E-state index < -0.39 is 5.82 Å². The SMILES string of the molecule is COc1cc(N)cc(-c2ccoc2)c1F. The summed E-state index contributed by atoms with van der Waals surface area (Å²) in [7, 11) is 1.40. The van der Waals surface area contributed by atoms with Crippen molar-refractivity contribution in [3.05, 3.63) is 36.5 Å². The number of methoxy groups -OCH3 is 1. The number of benzene rings is 1. The molecule has 0 saturated carbocycles. The third-order valence-corrected chi connectivity index (χ3v) is 2.11. The van der Waals surface area contributed by atoms with Crippen LogP contribution in [0.1, 0.15) is 0 Å². The van der Waals surface area contributed by atoms with Gasteiger partial charge in [0.2, 0.25) is 0 Å². The lowest BCUT2D eigenvalue weighted by Gasteiger charge is -2.07. The molecule has 0 atom stereocenters. The largest absolute Gasteiger partial charge is 0.494 e. The highest BCUT2D eigenvalue weighted by molar-refractivity contribution is 5.69. The molecule has 0 saturated heterocycles. The highest BCUT2D eigenvalue weighted by Crippen LogP contribution is 2.31.